The van der Waals surface area contributed by atoms with Crippen LogP contribution in [0.25, 0.3) is 0 Å². The molecule has 2 N–H and O–H groups in total. The first-order valence-electron chi connectivity index (χ1n) is 6.57. The Hall–Kier alpha value is -1.15. The van der Waals surface area contributed by atoms with Crippen LogP contribution in [-0.2, 0) is 24.4 Å². The summed E-state index contributed by atoms with van der Waals surface area (Å²) in [5.41, 5.74) is 0. The van der Waals surface area contributed by atoms with Gasteiger partial charge in [-0.2, -0.15) is 8.42 Å². The van der Waals surface area contributed by atoms with Gasteiger partial charge < -0.3 is 9.84 Å². The Morgan fingerprint density at radius 1 is 1.20 bits per heavy atom. The third kappa shape index (κ3) is 8.11. The number of esters is 1. The van der Waals surface area contributed by atoms with Crippen LogP contribution in [0.2, 0.25) is 0 Å². The highest BCUT2D eigenvalue weighted by Crippen LogP contribution is 2.12. The molecule has 0 aliphatic heterocycles. The van der Waals surface area contributed by atoms with Crippen molar-refractivity contribution < 1.29 is 32.4 Å². The van der Waals surface area contributed by atoms with Gasteiger partial charge in [-0.15, -0.1) is 0 Å². The Balaban J connectivity index is 4.42. The zero-order valence-corrected chi connectivity index (χ0v) is 12.6. The Labute approximate surface area is 119 Å². The number of unbranched alkanes of at least 4 members (excludes halogenated alkanes) is 3. The Morgan fingerprint density at radius 3 is 2.25 bits per heavy atom. The van der Waals surface area contributed by atoms with E-state index < -0.39 is 39.8 Å². The van der Waals surface area contributed by atoms with Crippen LogP contribution in [0.3, 0.4) is 0 Å². The molecule has 8 heteroatoms. The minimum absolute atomic E-state index is 0.516. The predicted molar refractivity (Wildman–Crippen MR) is 71.9 cm³/mol. The summed E-state index contributed by atoms with van der Waals surface area (Å²) in [5.74, 6) is -2.72. The van der Waals surface area contributed by atoms with Crippen LogP contribution >= 0.6 is 0 Å². The number of carbonyl (C=O) groups is 2. The van der Waals surface area contributed by atoms with Gasteiger partial charge in [-0.1, -0.05) is 26.2 Å². The summed E-state index contributed by atoms with van der Waals surface area (Å²) in [5, 5.41) is 6.48. The maximum Gasteiger partial charge on any atom is 0.327 e. The normalized spacial score (nSPS) is 14.6. The fourth-order valence-corrected chi connectivity index (χ4v) is 2.31. The molecule has 0 spiro atoms. The average molecular weight is 310 g/mol. The molecule has 2 unspecified atom stereocenters. The molecule has 0 rings (SSSR count). The van der Waals surface area contributed by atoms with Gasteiger partial charge in [0, 0.05) is 0 Å². The number of rotatable bonds is 10. The van der Waals surface area contributed by atoms with Crippen molar-refractivity contribution in [1.29, 1.82) is 0 Å². The van der Waals surface area contributed by atoms with E-state index in [2.05, 4.69) is 6.92 Å². The lowest BCUT2D eigenvalue weighted by Crippen LogP contribution is -2.35. The molecule has 0 aromatic carbocycles. The summed E-state index contributed by atoms with van der Waals surface area (Å²) in [6.07, 6.45) is 2.98. The number of aliphatic carboxylic acids is 1. The molecule has 0 bridgehead atoms. The van der Waals surface area contributed by atoms with Crippen molar-refractivity contribution >= 4 is 22.1 Å². The number of hydrogen-bond donors (Lipinski definition) is 2. The van der Waals surface area contributed by atoms with Crippen LogP contribution in [-0.4, -0.2) is 41.4 Å². The summed E-state index contributed by atoms with van der Waals surface area (Å²) < 4.78 is 35.7. The quantitative estimate of drug-likeness (QED) is 0.357. The monoisotopic (exact) mass is 310 g/mol. The van der Waals surface area contributed by atoms with E-state index in [9.17, 15) is 18.0 Å². The lowest BCUT2D eigenvalue weighted by molar-refractivity contribution is -0.151. The van der Waals surface area contributed by atoms with Crippen molar-refractivity contribution in [2.75, 3.05) is 0 Å². The molecular weight excluding hydrogens is 288 g/mol. The Bertz CT molecular complexity index is 416. The average Bonchev–Trinajstić information content (AvgIpc) is 2.30. The van der Waals surface area contributed by atoms with Gasteiger partial charge in [0.2, 0.25) is 0 Å². The van der Waals surface area contributed by atoms with Gasteiger partial charge >= 0.3 is 11.9 Å². The lowest BCUT2D eigenvalue weighted by Gasteiger charge is -2.16. The first kappa shape index (κ1) is 18.9. The van der Waals surface area contributed by atoms with Crippen molar-refractivity contribution in [2.24, 2.45) is 0 Å². The van der Waals surface area contributed by atoms with E-state index >= 15 is 0 Å². The van der Waals surface area contributed by atoms with E-state index in [0.717, 1.165) is 25.7 Å². The number of ether oxygens (including phenoxy) is 1. The first-order chi connectivity index (χ1) is 9.18. The molecule has 118 valence electrons. The molecule has 20 heavy (non-hydrogen) atoms. The highest BCUT2D eigenvalue weighted by atomic mass is 32.2. The molecule has 0 saturated heterocycles. The van der Waals surface area contributed by atoms with Crippen molar-refractivity contribution in [3.05, 3.63) is 0 Å². The highest BCUT2D eigenvalue weighted by Gasteiger charge is 2.35. The van der Waals surface area contributed by atoms with Crippen molar-refractivity contribution in [3.8, 4) is 0 Å². The zero-order chi connectivity index (χ0) is 15.8. The van der Waals surface area contributed by atoms with Gasteiger partial charge in [0.25, 0.3) is 10.1 Å². The molecule has 0 amide bonds. The summed E-state index contributed by atoms with van der Waals surface area (Å²) in [7, 11) is -4.79. The zero-order valence-electron chi connectivity index (χ0n) is 11.7. The highest BCUT2D eigenvalue weighted by molar-refractivity contribution is 7.87. The molecule has 2 atom stereocenters. The van der Waals surface area contributed by atoms with Crippen LogP contribution < -0.4 is 0 Å². The topological polar surface area (TPSA) is 118 Å². The van der Waals surface area contributed by atoms with Crippen LogP contribution in [0.1, 0.15) is 52.4 Å². The summed E-state index contributed by atoms with van der Waals surface area (Å²) in [6, 6.07) is 0. The maximum atomic E-state index is 11.6. The molecular formula is C12H22O7S. The largest absolute Gasteiger partial charge is 0.481 e. The molecule has 0 aromatic heterocycles. The standard InChI is InChI=1S/C12H22O7S/c1-3-4-5-6-7-9(2)19-12(15)10(8-11(13)14)20(16,17)18/h9-10H,3-8H2,1-2H3,(H,13,14)(H,16,17,18). The molecule has 0 radical (unpaired) electrons. The first-order valence-corrected chi connectivity index (χ1v) is 8.07. The second kappa shape index (κ2) is 8.91. The minimum atomic E-state index is -4.79. The molecule has 0 saturated carbocycles. The van der Waals surface area contributed by atoms with Crippen LogP contribution in [0.15, 0.2) is 0 Å². The van der Waals surface area contributed by atoms with Gasteiger partial charge in [-0.3, -0.25) is 14.1 Å². The van der Waals surface area contributed by atoms with Gasteiger partial charge in [-0.25, -0.2) is 0 Å². The third-order valence-electron chi connectivity index (χ3n) is 2.76. The number of carbonyl (C=O) groups excluding carboxylic acids is 1. The second-order valence-electron chi connectivity index (χ2n) is 4.70. The fourth-order valence-electron chi connectivity index (χ4n) is 1.66. The smallest absolute Gasteiger partial charge is 0.327 e. The molecule has 0 heterocycles. The van der Waals surface area contributed by atoms with E-state index in [1.807, 2.05) is 0 Å². The van der Waals surface area contributed by atoms with Crippen LogP contribution in [0.4, 0.5) is 0 Å². The Morgan fingerprint density at radius 2 is 1.80 bits per heavy atom. The molecule has 0 aliphatic carbocycles. The van der Waals surface area contributed by atoms with E-state index in [1.165, 1.54) is 0 Å². The molecule has 0 aliphatic rings. The van der Waals surface area contributed by atoms with Crippen molar-refractivity contribution in [2.45, 2.75) is 63.7 Å². The summed E-state index contributed by atoms with van der Waals surface area (Å²) in [4.78, 5) is 22.1. The van der Waals surface area contributed by atoms with E-state index in [4.69, 9.17) is 14.4 Å². The van der Waals surface area contributed by atoms with Crippen LogP contribution in [0, 0.1) is 0 Å². The van der Waals surface area contributed by atoms with Gasteiger partial charge in [0.1, 0.15) is 0 Å². The van der Waals surface area contributed by atoms with Crippen molar-refractivity contribution in [1.82, 2.24) is 0 Å². The predicted octanol–water partition coefficient (Wildman–Crippen LogP) is 1.62. The molecule has 0 aromatic rings. The summed E-state index contributed by atoms with van der Waals surface area (Å²) in [6.45, 7) is 3.66. The van der Waals surface area contributed by atoms with E-state index in [-0.39, 0.29) is 0 Å². The lowest BCUT2D eigenvalue weighted by atomic mass is 10.1. The molecule has 7 nitrogen and oxygen atoms in total. The number of carboxylic acids is 1. The summed E-state index contributed by atoms with van der Waals surface area (Å²) >= 11 is 0. The number of hydrogen-bond acceptors (Lipinski definition) is 5. The second-order valence-corrected chi connectivity index (χ2v) is 6.30. The van der Waals surface area contributed by atoms with E-state index in [0.29, 0.717) is 6.42 Å². The molecule has 0 fully saturated rings. The minimum Gasteiger partial charge on any atom is -0.481 e. The van der Waals surface area contributed by atoms with Crippen molar-refractivity contribution in [3.63, 3.8) is 0 Å². The van der Waals surface area contributed by atoms with Gasteiger partial charge in [0.05, 0.1) is 12.5 Å². The number of carboxylic acid groups (broad SMARTS) is 1. The van der Waals surface area contributed by atoms with Gasteiger partial charge in [-0.05, 0) is 19.8 Å². The van der Waals surface area contributed by atoms with E-state index in [1.54, 1.807) is 6.92 Å². The fraction of sp³-hybridized carbons (Fsp3) is 0.833. The Kier molecular flexibility index (Phi) is 8.40. The van der Waals surface area contributed by atoms with Crippen LogP contribution in [0.5, 0.6) is 0 Å². The third-order valence-corrected chi connectivity index (χ3v) is 3.84. The SMILES string of the molecule is CCCCCCC(C)OC(=O)C(CC(=O)O)S(=O)(=O)O. The maximum absolute atomic E-state index is 11.6. The van der Waals surface area contributed by atoms with Gasteiger partial charge in [0.15, 0.2) is 5.25 Å².